The average molecular weight is 615 g/mol. The van der Waals surface area contributed by atoms with Crippen LogP contribution in [-0.2, 0) is 17.8 Å². The molecule has 228 valence electrons. The van der Waals surface area contributed by atoms with E-state index in [1.54, 1.807) is 25.6 Å². The number of hydrogen-bond acceptors (Lipinski definition) is 9. The average Bonchev–Trinajstić information content (AvgIpc) is 2.99. The highest BCUT2D eigenvalue weighted by Gasteiger charge is 2.24. The van der Waals surface area contributed by atoms with E-state index in [1.165, 1.54) is 0 Å². The minimum absolute atomic E-state index is 0.253. The number of hydrogen-bond donors (Lipinski definition) is 3. The smallest absolute Gasteiger partial charge is 0.274 e. The van der Waals surface area contributed by atoms with E-state index in [2.05, 4.69) is 25.5 Å². The van der Waals surface area contributed by atoms with E-state index in [1.807, 2.05) is 49.4 Å². The molecule has 1 atom stereocenters. The standard InChI is InChI=1S/C33H35ClN6O4/c1-20-25(4-3-5-27(20)38-32(42)29-8-6-21(14-37-29)17-40-18-23(41)19-40)31-30(34)26(10-12-36-31)28-9-7-22(33(39-28)43-2)15-35-16-24-11-13-44-24/h3-10,12,14,23-24,35,41H,11,13,15-19H2,1-2H3,(H,38,42)/t24-/m1/s1. The number of rotatable bonds is 11. The van der Waals surface area contributed by atoms with Gasteiger partial charge in [-0.2, -0.15) is 0 Å². The summed E-state index contributed by atoms with van der Waals surface area (Å²) >= 11 is 6.97. The molecule has 0 aliphatic carbocycles. The van der Waals surface area contributed by atoms with Crippen LogP contribution < -0.4 is 15.4 Å². The third kappa shape index (κ3) is 6.59. The van der Waals surface area contributed by atoms with Gasteiger partial charge in [0.2, 0.25) is 5.88 Å². The lowest BCUT2D eigenvalue weighted by Gasteiger charge is -2.35. The van der Waals surface area contributed by atoms with Gasteiger partial charge in [0.1, 0.15) is 5.69 Å². The molecule has 44 heavy (non-hydrogen) atoms. The number of aromatic nitrogens is 3. The van der Waals surface area contributed by atoms with Gasteiger partial charge < -0.3 is 25.2 Å². The molecule has 2 aliphatic rings. The Morgan fingerprint density at radius 1 is 1.14 bits per heavy atom. The highest BCUT2D eigenvalue weighted by Crippen LogP contribution is 2.38. The quantitative estimate of drug-likeness (QED) is 0.224. The number of ether oxygens (including phenoxy) is 2. The molecule has 0 saturated carbocycles. The number of benzene rings is 1. The van der Waals surface area contributed by atoms with E-state index in [0.29, 0.717) is 59.9 Å². The summed E-state index contributed by atoms with van der Waals surface area (Å²) in [6.07, 6.45) is 4.51. The van der Waals surface area contributed by atoms with Gasteiger partial charge in [0, 0.05) is 74.1 Å². The van der Waals surface area contributed by atoms with Crippen molar-refractivity contribution in [3.8, 4) is 28.4 Å². The van der Waals surface area contributed by atoms with Gasteiger partial charge in [-0.15, -0.1) is 0 Å². The van der Waals surface area contributed by atoms with E-state index >= 15 is 0 Å². The SMILES string of the molecule is COc1nc(-c2ccnc(-c3cccc(NC(=O)c4ccc(CN5CC(O)C5)cn4)c3C)c2Cl)ccc1CNC[C@H]1CCO1. The summed E-state index contributed by atoms with van der Waals surface area (Å²) in [6, 6.07) is 15.0. The lowest BCUT2D eigenvalue weighted by molar-refractivity contribution is -0.0484. The van der Waals surface area contributed by atoms with Gasteiger partial charge in [-0.05, 0) is 48.7 Å². The Morgan fingerprint density at radius 3 is 2.68 bits per heavy atom. The molecule has 2 aliphatic heterocycles. The van der Waals surface area contributed by atoms with Gasteiger partial charge in [0.25, 0.3) is 5.91 Å². The molecule has 0 spiro atoms. The topological polar surface area (TPSA) is 122 Å². The zero-order valence-corrected chi connectivity index (χ0v) is 25.5. The molecule has 4 aromatic rings. The van der Waals surface area contributed by atoms with Gasteiger partial charge in [0.05, 0.1) is 35.7 Å². The Labute approximate surface area is 261 Å². The number of aliphatic hydroxyl groups is 1. The van der Waals surface area contributed by atoms with Crippen LogP contribution in [-0.4, -0.2) is 76.4 Å². The highest BCUT2D eigenvalue weighted by atomic mass is 35.5. The van der Waals surface area contributed by atoms with Crippen LogP contribution in [0.3, 0.4) is 0 Å². The number of methoxy groups -OCH3 is 1. The zero-order chi connectivity index (χ0) is 30.6. The summed E-state index contributed by atoms with van der Waals surface area (Å²) in [6.45, 7) is 6.17. The van der Waals surface area contributed by atoms with Crippen molar-refractivity contribution in [2.24, 2.45) is 0 Å². The third-order valence-electron chi connectivity index (χ3n) is 8.02. The molecule has 0 unspecified atom stereocenters. The summed E-state index contributed by atoms with van der Waals surface area (Å²) in [4.78, 5) is 28.9. The largest absolute Gasteiger partial charge is 0.481 e. The first-order valence-corrected chi connectivity index (χ1v) is 15.0. The molecular weight excluding hydrogens is 580 g/mol. The Morgan fingerprint density at radius 2 is 1.98 bits per heavy atom. The lowest BCUT2D eigenvalue weighted by atomic mass is 10.0. The van der Waals surface area contributed by atoms with E-state index < -0.39 is 0 Å². The fourth-order valence-corrected chi connectivity index (χ4v) is 5.68. The van der Waals surface area contributed by atoms with E-state index in [9.17, 15) is 9.90 Å². The van der Waals surface area contributed by atoms with Crippen molar-refractivity contribution in [2.45, 2.75) is 38.6 Å². The van der Waals surface area contributed by atoms with E-state index in [4.69, 9.17) is 26.1 Å². The van der Waals surface area contributed by atoms with E-state index in [-0.39, 0.29) is 18.1 Å². The van der Waals surface area contributed by atoms with Gasteiger partial charge in [-0.25, -0.2) is 4.98 Å². The van der Waals surface area contributed by atoms with Crippen LogP contribution in [0, 0.1) is 6.92 Å². The molecule has 3 N–H and O–H groups in total. The number of β-amino-alcohol motifs (C(OH)–C–C–N with tert-alkyl or cyclic N) is 1. The molecule has 2 fully saturated rings. The molecule has 1 aromatic carbocycles. The van der Waals surface area contributed by atoms with Crippen LogP contribution in [0.15, 0.2) is 60.9 Å². The number of aliphatic hydroxyl groups excluding tert-OH is 1. The molecule has 10 nitrogen and oxygen atoms in total. The number of halogens is 1. The van der Waals surface area contributed by atoms with Gasteiger partial charge >= 0.3 is 0 Å². The predicted octanol–water partition coefficient (Wildman–Crippen LogP) is 4.48. The van der Waals surface area contributed by atoms with Gasteiger partial charge in [-0.3, -0.25) is 19.7 Å². The van der Waals surface area contributed by atoms with Crippen LogP contribution in [0.1, 0.15) is 33.6 Å². The van der Waals surface area contributed by atoms with Crippen LogP contribution in [0.4, 0.5) is 5.69 Å². The van der Waals surface area contributed by atoms with Crippen molar-refractivity contribution in [3.05, 3.63) is 88.3 Å². The Hall–Kier alpha value is -3.93. The number of amides is 1. The number of likely N-dealkylation sites (tertiary alicyclic amines) is 1. The summed E-state index contributed by atoms with van der Waals surface area (Å²) < 4.78 is 11.1. The molecule has 0 bridgehead atoms. The normalized spacial score (nSPS) is 16.7. The number of nitrogens with one attached hydrogen (secondary N) is 2. The van der Waals surface area contributed by atoms with Crippen molar-refractivity contribution in [2.75, 3.05) is 38.7 Å². The first-order valence-electron chi connectivity index (χ1n) is 14.7. The first-order chi connectivity index (χ1) is 21.4. The highest BCUT2D eigenvalue weighted by molar-refractivity contribution is 6.35. The second-order valence-corrected chi connectivity index (χ2v) is 11.5. The number of carbonyl (C=O) groups is 1. The second-order valence-electron chi connectivity index (χ2n) is 11.1. The minimum Gasteiger partial charge on any atom is -0.481 e. The van der Waals surface area contributed by atoms with Crippen LogP contribution in [0.5, 0.6) is 5.88 Å². The Kier molecular flexibility index (Phi) is 9.15. The minimum atomic E-state index is -0.310. The number of nitrogens with zero attached hydrogens (tertiary/aromatic N) is 4. The van der Waals surface area contributed by atoms with Crippen molar-refractivity contribution >= 4 is 23.2 Å². The number of anilines is 1. The molecule has 11 heteroatoms. The molecular formula is C33H35ClN6O4. The second kappa shape index (κ2) is 13.4. The van der Waals surface area contributed by atoms with Crippen LogP contribution in [0.25, 0.3) is 22.5 Å². The van der Waals surface area contributed by atoms with E-state index in [0.717, 1.165) is 47.4 Å². The van der Waals surface area contributed by atoms with Crippen molar-refractivity contribution in [3.63, 3.8) is 0 Å². The molecule has 0 radical (unpaired) electrons. The van der Waals surface area contributed by atoms with Crippen LogP contribution >= 0.6 is 11.6 Å². The Balaban J connectivity index is 1.18. The predicted molar refractivity (Wildman–Crippen MR) is 169 cm³/mol. The number of pyridine rings is 3. The molecule has 1 amide bonds. The zero-order valence-electron chi connectivity index (χ0n) is 24.7. The molecule has 5 heterocycles. The maximum atomic E-state index is 13.1. The molecule has 2 saturated heterocycles. The van der Waals surface area contributed by atoms with Crippen LogP contribution in [0.2, 0.25) is 5.02 Å². The molecule has 3 aromatic heterocycles. The third-order valence-corrected chi connectivity index (χ3v) is 8.40. The maximum absolute atomic E-state index is 13.1. The lowest BCUT2D eigenvalue weighted by Crippen LogP contribution is -2.49. The molecule has 6 rings (SSSR count). The summed E-state index contributed by atoms with van der Waals surface area (Å²) in [7, 11) is 1.61. The van der Waals surface area contributed by atoms with Crippen molar-refractivity contribution in [1.29, 1.82) is 0 Å². The first kappa shape index (κ1) is 30.1. The van der Waals surface area contributed by atoms with Crippen molar-refractivity contribution < 1.29 is 19.4 Å². The summed E-state index contributed by atoms with van der Waals surface area (Å²) in [5.74, 6) is 0.218. The summed E-state index contributed by atoms with van der Waals surface area (Å²) in [5.41, 5.74) is 6.49. The number of carbonyl (C=O) groups excluding carboxylic acids is 1. The monoisotopic (exact) mass is 614 g/mol. The van der Waals surface area contributed by atoms with Gasteiger partial charge in [-0.1, -0.05) is 35.9 Å². The fraction of sp³-hybridized carbons (Fsp3) is 0.333. The van der Waals surface area contributed by atoms with Gasteiger partial charge in [0.15, 0.2) is 0 Å². The Bertz CT molecular complexity index is 1640. The van der Waals surface area contributed by atoms with Crippen molar-refractivity contribution in [1.82, 2.24) is 25.2 Å². The fourth-order valence-electron chi connectivity index (χ4n) is 5.37. The maximum Gasteiger partial charge on any atom is 0.274 e. The summed E-state index contributed by atoms with van der Waals surface area (Å²) in [5, 5.41) is 16.3.